The number of anilines is 1. The summed E-state index contributed by atoms with van der Waals surface area (Å²) in [5.41, 5.74) is 7.17. The van der Waals surface area contributed by atoms with Crippen LogP contribution >= 0.6 is 23.4 Å². The highest BCUT2D eigenvalue weighted by Crippen LogP contribution is 2.32. The molecule has 0 atom stereocenters. The lowest BCUT2D eigenvalue weighted by molar-refractivity contribution is -0.385. The predicted molar refractivity (Wildman–Crippen MR) is 78.5 cm³/mol. The van der Waals surface area contributed by atoms with Crippen LogP contribution in [0.5, 0.6) is 0 Å². The molecule has 4 nitrogen and oxygen atoms in total. The summed E-state index contributed by atoms with van der Waals surface area (Å²) in [4.78, 5) is 11.5. The number of nitrogen functional groups attached to an aromatic ring is 1. The second-order valence-electron chi connectivity index (χ2n) is 3.86. The van der Waals surface area contributed by atoms with Crippen molar-refractivity contribution < 1.29 is 4.92 Å². The van der Waals surface area contributed by atoms with E-state index in [2.05, 4.69) is 0 Å². The van der Waals surface area contributed by atoms with E-state index in [-0.39, 0.29) is 5.69 Å². The zero-order chi connectivity index (χ0) is 13.8. The summed E-state index contributed by atoms with van der Waals surface area (Å²) in [5, 5.41) is 11.3. The highest BCUT2D eigenvalue weighted by atomic mass is 35.5. The van der Waals surface area contributed by atoms with Gasteiger partial charge in [0.1, 0.15) is 0 Å². The topological polar surface area (TPSA) is 69.2 Å². The van der Waals surface area contributed by atoms with E-state index in [1.165, 1.54) is 17.8 Å². The Morgan fingerprint density at radius 3 is 2.68 bits per heavy atom. The molecule has 0 saturated carbocycles. The minimum absolute atomic E-state index is 0.0366. The molecular weight excluding hydrogens is 284 g/mol. The molecule has 0 aliphatic heterocycles. The Balaban J connectivity index is 2.20. The maximum atomic E-state index is 11.0. The van der Waals surface area contributed by atoms with Crippen LogP contribution in [0.15, 0.2) is 47.4 Å². The van der Waals surface area contributed by atoms with Gasteiger partial charge in [0.2, 0.25) is 0 Å². The van der Waals surface area contributed by atoms with Crippen molar-refractivity contribution in [2.24, 2.45) is 0 Å². The third-order valence-electron chi connectivity index (χ3n) is 2.55. The Kier molecular flexibility index (Phi) is 4.29. The fourth-order valence-electron chi connectivity index (χ4n) is 1.60. The molecular formula is C13H11ClN2O2S. The van der Waals surface area contributed by atoms with Crippen LogP contribution < -0.4 is 5.73 Å². The van der Waals surface area contributed by atoms with Crippen LogP contribution in [0.3, 0.4) is 0 Å². The SMILES string of the molecule is Nc1ccccc1SCc1ccc(Cl)cc1[N+](=O)[O-]. The summed E-state index contributed by atoms with van der Waals surface area (Å²) in [6.45, 7) is 0. The second-order valence-corrected chi connectivity index (χ2v) is 5.31. The molecule has 19 heavy (non-hydrogen) atoms. The molecule has 2 rings (SSSR count). The molecule has 98 valence electrons. The standard InChI is InChI=1S/C13H11ClN2O2S/c14-10-6-5-9(12(7-10)16(17)18)8-19-13-4-2-1-3-11(13)15/h1-7H,8,15H2. The molecule has 0 saturated heterocycles. The van der Waals surface area contributed by atoms with Gasteiger partial charge < -0.3 is 5.73 Å². The van der Waals surface area contributed by atoms with Gasteiger partial charge in [0.05, 0.1) is 4.92 Å². The normalized spacial score (nSPS) is 10.4. The van der Waals surface area contributed by atoms with Gasteiger partial charge in [-0.15, -0.1) is 11.8 Å². The number of nitro groups is 1. The van der Waals surface area contributed by atoms with E-state index in [1.54, 1.807) is 18.2 Å². The monoisotopic (exact) mass is 294 g/mol. The quantitative estimate of drug-likeness (QED) is 0.398. The van der Waals surface area contributed by atoms with E-state index in [4.69, 9.17) is 17.3 Å². The van der Waals surface area contributed by atoms with Crippen LogP contribution in [-0.4, -0.2) is 4.92 Å². The van der Waals surface area contributed by atoms with E-state index in [0.717, 1.165) is 4.90 Å². The average Bonchev–Trinajstić information content (AvgIpc) is 2.38. The molecule has 0 fully saturated rings. The molecule has 2 aromatic carbocycles. The Hall–Kier alpha value is -1.72. The third kappa shape index (κ3) is 3.39. The van der Waals surface area contributed by atoms with E-state index in [9.17, 15) is 10.1 Å². The molecule has 0 unspecified atom stereocenters. The van der Waals surface area contributed by atoms with Crippen LogP contribution in [0.4, 0.5) is 11.4 Å². The molecule has 0 radical (unpaired) electrons. The zero-order valence-corrected chi connectivity index (χ0v) is 11.4. The number of para-hydroxylation sites is 1. The molecule has 0 aliphatic carbocycles. The van der Waals surface area contributed by atoms with Gasteiger partial charge in [0, 0.05) is 33.0 Å². The number of benzene rings is 2. The fraction of sp³-hybridized carbons (Fsp3) is 0.0769. The Bertz CT molecular complexity index is 619. The number of halogens is 1. The van der Waals surface area contributed by atoms with Crippen molar-refractivity contribution >= 4 is 34.7 Å². The Morgan fingerprint density at radius 1 is 1.26 bits per heavy atom. The first kappa shape index (κ1) is 13.7. The second kappa shape index (κ2) is 5.95. The average molecular weight is 295 g/mol. The third-order valence-corrected chi connectivity index (χ3v) is 3.92. The van der Waals surface area contributed by atoms with Crippen molar-refractivity contribution in [2.45, 2.75) is 10.6 Å². The number of nitro benzene ring substituents is 1. The lowest BCUT2D eigenvalue weighted by atomic mass is 10.2. The fourth-order valence-corrected chi connectivity index (χ4v) is 2.73. The molecule has 0 heterocycles. The Morgan fingerprint density at radius 2 is 2.00 bits per heavy atom. The van der Waals surface area contributed by atoms with Gasteiger partial charge in [0.25, 0.3) is 5.69 Å². The highest BCUT2D eigenvalue weighted by Gasteiger charge is 2.14. The predicted octanol–water partition coefficient (Wildman–Crippen LogP) is 4.12. The minimum Gasteiger partial charge on any atom is -0.398 e. The zero-order valence-electron chi connectivity index (χ0n) is 9.88. The largest absolute Gasteiger partial charge is 0.398 e. The lowest BCUT2D eigenvalue weighted by Crippen LogP contribution is -1.94. The van der Waals surface area contributed by atoms with Crippen molar-refractivity contribution in [3.8, 4) is 0 Å². The summed E-state index contributed by atoms with van der Waals surface area (Å²) < 4.78 is 0. The maximum absolute atomic E-state index is 11.0. The highest BCUT2D eigenvalue weighted by molar-refractivity contribution is 7.98. The minimum atomic E-state index is -0.421. The van der Waals surface area contributed by atoms with Crippen LogP contribution in [0.2, 0.25) is 5.02 Å². The number of thioether (sulfide) groups is 1. The van der Waals surface area contributed by atoms with Gasteiger partial charge in [-0.1, -0.05) is 23.7 Å². The molecule has 0 aromatic heterocycles. The van der Waals surface area contributed by atoms with Gasteiger partial charge in [-0.05, 0) is 24.3 Å². The molecule has 0 spiro atoms. The maximum Gasteiger partial charge on any atom is 0.274 e. The summed E-state index contributed by atoms with van der Waals surface area (Å²) in [6.07, 6.45) is 0. The van der Waals surface area contributed by atoms with Gasteiger partial charge in [-0.25, -0.2) is 0 Å². The molecule has 6 heteroatoms. The number of hydrogen-bond donors (Lipinski definition) is 1. The molecule has 0 amide bonds. The number of nitrogens with two attached hydrogens (primary N) is 1. The molecule has 0 bridgehead atoms. The van der Waals surface area contributed by atoms with Crippen molar-refractivity contribution in [3.63, 3.8) is 0 Å². The smallest absolute Gasteiger partial charge is 0.274 e. The molecule has 0 aliphatic rings. The summed E-state index contributed by atoms with van der Waals surface area (Å²) in [5.74, 6) is 0.474. The number of nitrogens with zero attached hydrogens (tertiary/aromatic N) is 1. The number of rotatable bonds is 4. The van der Waals surface area contributed by atoms with Crippen LogP contribution in [0, 0.1) is 10.1 Å². The first-order valence-corrected chi connectivity index (χ1v) is 6.84. The van der Waals surface area contributed by atoms with Crippen molar-refractivity contribution in [2.75, 3.05) is 5.73 Å². The van der Waals surface area contributed by atoms with E-state index < -0.39 is 4.92 Å². The van der Waals surface area contributed by atoms with Gasteiger partial charge in [-0.3, -0.25) is 10.1 Å². The lowest BCUT2D eigenvalue weighted by Gasteiger charge is -2.06. The first-order valence-electron chi connectivity index (χ1n) is 5.48. The Labute approximate surface area is 119 Å². The van der Waals surface area contributed by atoms with Crippen LogP contribution in [0.25, 0.3) is 0 Å². The van der Waals surface area contributed by atoms with Crippen LogP contribution in [-0.2, 0) is 5.75 Å². The first-order chi connectivity index (χ1) is 9.08. The summed E-state index contributed by atoms with van der Waals surface area (Å²) >= 11 is 7.24. The van der Waals surface area contributed by atoms with E-state index in [1.807, 2.05) is 18.2 Å². The van der Waals surface area contributed by atoms with Crippen molar-refractivity contribution in [3.05, 3.63) is 63.2 Å². The molecule has 2 N–H and O–H groups in total. The van der Waals surface area contributed by atoms with Crippen molar-refractivity contribution in [1.82, 2.24) is 0 Å². The summed E-state index contributed by atoms with van der Waals surface area (Å²) in [6, 6.07) is 12.1. The van der Waals surface area contributed by atoms with Gasteiger partial charge >= 0.3 is 0 Å². The van der Waals surface area contributed by atoms with Crippen LogP contribution in [0.1, 0.15) is 5.56 Å². The molecule has 2 aromatic rings. The van der Waals surface area contributed by atoms with Crippen molar-refractivity contribution in [1.29, 1.82) is 0 Å². The van der Waals surface area contributed by atoms with Gasteiger partial charge in [0.15, 0.2) is 0 Å². The van der Waals surface area contributed by atoms with E-state index >= 15 is 0 Å². The van der Waals surface area contributed by atoms with E-state index in [0.29, 0.717) is 22.0 Å². The summed E-state index contributed by atoms with van der Waals surface area (Å²) in [7, 11) is 0. The number of hydrogen-bond acceptors (Lipinski definition) is 4. The van der Waals surface area contributed by atoms with Gasteiger partial charge in [-0.2, -0.15) is 0 Å².